The second-order valence-corrected chi connectivity index (χ2v) is 9.92. The van der Waals surface area contributed by atoms with Gasteiger partial charge >= 0.3 is 0 Å². The molecule has 0 unspecified atom stereocenters. The minimum atomic E-state index is -3.63. The van der Waals surface area contributed by atoms with E-state index < -0.39 is 10.0 Å². The Morgan fingerprint density at radius 1 is 0.781 bits per heavy atom. The van der Waals surface area contributed by atoms with Gasteiger partial charge in [0.1, 0.15) is 0 Å². The van der Waals surface area contributed by atoms with Crippen molar-refractivity contribution in [1.82, 2.24) is 4.31 Å². The highest BCUT2D eigenvalue weighted by molar-refractivity contribution is 7.89. The van der Waals surface area contributed by atoms with Crippen LogP contribution in [0.5, 0.6) is 11.5 Å². The first-order valence-electron chi connectivity index (χ1n) is 10.4. The summed E-state index contributed by atoms with van der Waals surface area (Å²) in [5.74, 6) is 1.20. The molecule has 0 N–H and O–H groups in total. The maximum atomic E-state index is 13.2. The molecule has 4 aromatic rings. The smallest absolute Gasteiger partial charge is 0.242 e. The molecule has 1 aliphatic heterocycles. The molecule has 0 saturated heterocycles. The van der Waals surface area contributed by atoms with Crippen LogP contribution in [-0.2, 0) is 10.0 Å². The number of hydrogen-bond acceptors (Lipinski definition) is 4. The first kappa shape index (κ1) is 20.5. The molecule has 6 heteroatoms. The van der Waals surface area contributed by atoms with E-state index in [2.05, 4.69) is 30.3 Å². The molecule has 0 spiro atoms. The highest BCUT2D eigenvalue weighted by Crippen LogP contribution is 2.37. The number of hydrogen-bond donors (Lipinski definition) is 0. The lowest BCUT2D eigenvalue weighted by Crippen LogP contribution is -2.31. The zero-order chi connectivity index (χ0) is 22.1. The minimum absolute atomic E-state index is 0.183. The first-order valence-corrected chi connectivity index (χ1v) is 11.9. The van der Waals surface area contributed by atoms with Crippen LogP contribution in [0.4, 0.5) is 0 Å². The number of sulfonamides is 1. The predicted molar refractivity (Wildman–Crippen MR) is 125 cm³/mol. The topological polar surface area (TPSA) is 55.8 Å². The van der Waals surface area contributed by atoms with Crippen LogP contribution in [-0.4, -0.2) is 33.1 Å². The summed E-state index contributed by atoms with van der Waals surface area (Å²) in [5.41, 5.74) is 2.01. The summed E-state index contributed by atoms with van der Waals surface area (Å²) in [6, 6.07) is 28.8. The van der Waals surface area contributed by atoms with Crippen molar-refractivity contribution in [2.75, 3.05) is 20.4 Å². The molecule has 5 nitrogen and oxygen atoms in total. The van der Waals surface area contributed by atoms with E-state index in [0.29, 0.717) is 11.5 Å². The molecule has 1 aliphatic rings. The van der Waals surface area contributed by atoms with Crippen molar-refractivity contribution in [2.24, 2.45) is 0 Å². The summed E-state index contributed by atoms with van der Waals surface area (Å²) in [6.07, 6.45) is 0. The van der Waals surface area contributed by atoms with E-state index in [4.69, 9.17) is 9.47 Å². The highest BCUT2D eigenvalue weighted by Gasteiger charge is 2.27. The van der Waals surface area contributed by atoms with Gasteiger partial charge in [0, 0.05) is 19.5 Å². The van der Waals surface area contributed by atoms with Crippen molar-refractivity contribution >= 4 is 20.8 Å². The Hall–Kier alpha value is -3.35. The number of nitrogens with zero attached hydrogens (tertiary/aromatic N) is 1. The van der Waals surface area contributed by atoms with Gasteiger partial charge in [-0.25, -0.2) is 8.42 Å². The fraction of sp³-hybridized carbons (Fsp3) is 0.154. The lowest BCUT2D eigenvalue weighted by molar-refractivity contribution is 0.174. The minimum Gasteiger partial charge on any atom is -0.454 e. The van der Waals surface area contributed by atoms with Crippen molar-refractivity contribution in [2.45, 2.75) is 10.8 Å². The third kappa shape index (κ3) is 3.83. The number of likely N-dealkylation sites (N-methyl/N-ethyl adjacent to an activating group) is 1. The average molecular weight is 446 g/mol. The van der Waals surface area contributed by atoms with Crippen LogP contribution in [0.15, 0.2) is 95.9 Å². The van der Waals surface area contributed by atoms with Crippen LogP contribution in [0.2, 0.25) is 0 Å². The number of ether oxygens (including phenoxy) is 2. The molecule has 1 heterocycles. The Labute approximate surface area is 187 Å². The third-order valence-electron chi connectivity index (χ3n) is 5.87. The molecule has 4 aromatic carbocycles. The quantitative estimate of drug-likeness (QED) is 0.418. The molecule has 1 atom stereocenters. The summed E-state index contributed by atoms with van der Waals surface area (Å²) in [4.78, 5) is 0.283. The maximum Gasteiger partial charge on any atom is 0.242 e. The Morgan fingerprint density at radius 3 is 2.25 bits per heavy atom. The maximum absolute atomic E-state index is 13.2. The number of benzene rings is 4. The molecular weight excluding hydrogens is 422 g/mol. The Kier molecular flexibility index (Phi) is 5.33. The second kappa shape index (κ2) is 8.30. The van der Waals surface area contributed by atoms with E-state index in [0.717, 1.165) is 21.9 Å². The summed E-state index contributed by atoms with van der Waals surface area (Å²) >= 11 is 0. The van der Waals surface area contributed by atoms with Crippen LogP contribution in [0.3, 0.4) is 0 Å². The van der Waals surface area contributed by atoms with Crippen molar-refractivity contribution in [3.8, 4) is 11.5 Å². The average Bonchev–Trinajstić information content (AvgIpc) is 3.30. The monoisotopic (exact) mass is 445 g/mol. The molecule has 32 heavy (non-hydrogen) atoms. The van der Waals surface area contributed by atoms with E-state index in [9.17, 15) is 8.42 Å². The van der Waals surface area contributed by atoms with E-state index in [1.807, 2.05) is 36.4 Å². The van der Waals surface area contributed by atoms with E-state index in [1.54, 1.807) is 31.3 Å². The predicted octanol–water partition coefficient (Wildman–Crippen LogP) is 5.02. The van der Waals surface area contributed by atoms with Gasteiger partial charge in [-0.1, -0.05) is 66.7 Å². The Bertz CT molecular complexity index is 1370. The molecule has 0 amide bonds. The first-order chi connectivity index (χ1) is 15.5. The van der Waals surface area contributed by atoms with Crippen LogP contribution in [0, 0.1) is 0 Å². The lowest BCUT2D eigenvalue weighted by Gasteiger charge is -2.25. The van der Waals surface area contributed by atoms with Crippen LogP contribution in [0.1, 0.15) is 17.0 Å². The molecular formula is C26H23NO4S. The highest BCUT2D eigenvalue weighted by atomic mass is 32.2. The van der Waals surface area contributed by atoms with E-state index >= 15 is 0 Å². The van der Waals surface area contributed by atoms with Crippen LogP contribution >= 0.6 is 0 Å². The lowest BCUT2D eigenvalue weighted by atomic mass is 9.89. The molecule has 0 aliphatic carbocycles. The SMILES string of the molecule is CN(C[C@@H](c1ccc2c(c1)OCO2)c1ccc2ccccc2c1)S(=O)(=O)c1ccccc1. The Balaban J connectivity index is 1.56. The second-order valence-electron chi connectivity index (χ2n) is 7.87. The van der Waals surface area contributed by atoms with E-state index in [-0.39, 0.29) is 24.2 Å². The molecule has 0 fully saturated rings. The van der Waals surface area contributed by atoms with Gasteiger partial charge in [0.05, 0.1) is 4.90 Å². The van der Waals surface area contributed by atoms with Gasteiger partial charge in [-0.2, -0.15) is 4.31 Å². The van der Waals surface area contributed by atoms with Crippen LogP contribution < -0.4 is 9.47 Å². The van der Waals surface area contributed by atoms with Gasteiger partial charge in [-0.05, 0) is 46.2 Å². The van der Waals surface area contributed by atoms with Gasteiger partial charge < -0.3 is 9.47 Å². The summed E-state index contributed by atoms with van der Waals surface area (Å²) < 4.78 is 38.9. The van der Waals surface area contributed by atoms with Crippen LogP contribution in [0.25, 0.3) is 10.8 Å². The fourth-order valence-corrected chi connectivity index (χ4v) is 5.29. The van der Waals surface area contributed by atoms with Crippen molar-refractivity contribution < 1.29 is 17.9 Å². The van der Waals surface area contributed by atoms with Gasteiger partial charge in [-0.3, -0.25) is 0 Å². The van der Waals surface area contributed by atoms with Gasteiger partial charge in [0.25, 0.3) is 0 Å². The molecule has 0 radical (unpaired) electrons. The van der Waals surface area contributed by atoms with Crippen molar-refractivity contribution in [1.29, 1.82) is 0 Å². The van der Waals surface area contributed by atoms with Gasteiger partial charge in [-0.15, -0.1) is 0 Å². The number of rotatable bonds is 6. The summed E-state index contributed by atoms with van der Waals surface area (Å²) in [5, 5.41) is 2.26. The molecule has 0 saturated carbocycles. The van der Waals surface area contributed by atoms with Crippen molar-refractivity contribution in [3.63, 3.8) is 0 Å². The zero-order valence-electron chi connectivity index (χ0n) is 17.6. The summed E-state index contributed by atoms with van der Waals surface area (Å²) in [6.45, 7) is 0.483. The molecule has 162 valence electrons. The molecule has 0 bridgehead atoms. The number of fused-ring (bicyclic) bond motifs is 2. The van der Waals surface area contributed by atoms with Crippen molar-refractivity contribution in [3.05, 3.63) is 102 Å². The fourth-order valence-electron chi connectivity index (χ4n) is 4.09. The third-order valence-corrected chi connectivity index (χ3v) is 7.70. The normalized spacial score (nSPS) is 14.1. The largest absolute Gasteiger partial charge is 0.454 e. The molecule has 5 rings (SSSR count). The summed E-state index contributed by atoms with van der Waals surface area (Å²) in [7, 11) is -2.00. The standard InChI is InChI=1S/C26H23NO4S/c1-27(32(28,29)23-9-3-2-4-10-23)17-24(22-13-14-25-26(16-22)31-18-30-25)21-12-11-19-7-5-6-8-20(19)15-21/h2-16,24H,17-18H2,1H3/t24-/m1/s1. The Morgan fingerprint density at radius 2 is 1.44 bits per heavy atom. The molecule has 0 aromatic heterocycles. The van der Waals surface area contributed by atoms with Gasteiger partial charge in [0.2, 0.25) is 16.8 Å². The van der Waals surface area contributed by atoms with E-state index in [1.165, 1.54) is 4.31 Å². The zero-order valence-corrected chi connectivity index (χ0v) is 18.5. The van der Waals surface area contributed by atoms with Gasteiger partial charge in [0.15, 0.2) is 11.5 Å².